The van der Waals surface area contributed by atoms with Crippen molar-refractivity contribution in [3.8, 4) is 5.75 Å². The number of rotatable bonds is 4. The molecule has 0 aliphatic carbocycles. The van der Waals surface area contributed by atoms with Gasteiger partial charge < -0.3 is 9.64 Å². The Hall–Kier alpha value is -1.54. The largest absolute Gasteiger partial charge is 0.496 e. The van der Waals surface area contributed by atoms with Crippen LogP contribution in [0.4, 0.5) is 0 Å². The zero-order valence-corrected chi connectivity index (χ0v) is 11.6. The Balaban J connectivity index is 1.90. The normalized spacial score (nSPS) is 16.1. The number of methoxy groups -OCH3 is 1. The third kappa shape index (κ3) is 2.59. The van der Waals surface area contributed by atoms with Crippen LogP contribution in [0.3, 0.4) is 0 Å². The first-order valence-corrected chi connectivity index (χ1v) is 7.15. The maximum Gasteiger partial charge on any atom is 0.122 e. The van der Waals surface area contributed by atoms with Gasteiger partial charge in [-0.05, 0) is 49.2 Å². The SMILES string of the molecule is COc1ccc2ccccc2c1CCN1CCCC1. The van der Waals surface area contributed by atoms with Gasteiger partial charge in [0, 0.05) is 12.1 Å². The molecule has 1 heterocycles. The third-order valence-corrected chi connectivity index (χ3v) is 4.09. The zero-order chi connectivity index (χ0) is 13.1. The van der Waals surface area contributed by atoms with Crippen LogP contribution >= 0.6 is 0 Å². The average Bonchev–Trinajstić information content (AvgIpc) is 2.97. The maximum absolute atomic E-state index is 5.55. The molecule has 2 aromatic carbocycles. The summed E-state index contributed by atoms with van der Waals surface area (Å²) in [4.78, 5) is 2.56. The summed E-state index contributed by atoms with van der Waals surface area (Å²) >= 11 is 0. The van der Waals surface area contributed by atoms with Gasteiger partial charge in [-0.25, -0.2) is 0 Å². The van der Waals surface area contributed by atoms with Crippen molar-refractivity contribution in [2.75, 3.05) is 26.7 Å². The van der Waals surface area contributed by atoms with Gasteiger partial charge in [-0.3, -0.25) is 0 Å². The topological polar surface area (TPSA) is 12.5 Å². The number of hydrogen-bond acceptors (Lipinski definition) is 2. The Morgan fingerprint density at radius 1 is 1.05 bits per heavy atom. The molecule has 0 radical (unpaired) electrons. The first-order valence-electron chi connectivity index (χ1n) is 7.15. The minimum atomic E-state index is 1.03. The van der Waals surface area contributed by atoms with Gasteiger partial charge in [-0.15, -0.1) is 0 Å². The molecule has 3 rings (SSSR count). The summed E-state index contributed by atoms with van der Waals surface area (Å²) in [6.07, 6.45) is 3.78. The number of ether oxygens (including phenoxy) is 1. The van der Waals surface area contributed by atoms with Gasteiger partial charge in [0.1, 0.15) is 5.75 Å². The Morgan fingerprint density at radius 3 is 2.63 bits per heavy atom. The van der Waals surface area contributed by atoms with Gasteiger partial charge in [-0.1, -0.05) is 30.3 Å². The molecule has 19 heavy (non-hydrogen) atoms. The zero-order valence-electron chi connectivity index (χ0n) is 11.6. The Kier molecular flexibility index (Phi) is 3.69. The summed E-state index contributed by atoms with van der Waals surface area (Å²) in [5.74, 6) is 1.03. The van der Waals surface area contributed by atoms with Crippen molar-refractivity contribution in [1.82, 2.24) is 4.90 Å². The lowest BCUT2D eigenvalue weighted by atomic mass is 10.0. The quantitative estimate of drug-likeness (QED) is 0.829. The van der Waals surface area contributed by atoms with Crippen LogP contribution in [0.25, 0.3) is 10.8 Å². The van der Waals surface area contributed by atoms with E-state index in [1.54, 1.807) is 7.11 Å². The molecule has 2 heteroatoms. The van der Waals surface area contributed by atoms with Crippen LogP contribution in [0.5, 0.6) is 5.75 Å². The number of hydrogen-bond donors (Lipinski definition) is 0. The molecule has 2 nitrogen and oxygen atoms in total. The third-order valence-electron chi connectivity index (χ3n) is 4.09. The molecule has 0 amide bonds. The number of fused-ring (bicyclic) bond motifs is 1. The highest BCUT2D eigenvalue weighted by Crippen LogP contribution is 2.28. The van der Waals surface area contributed by atoms with Gasteiger partial charge in [0.2, 0.25) is 0 Å². The average molecular weight is 255 g/mol. The van der Waals surface area contributed by atoms with Crippen LogP contribution in [0, 0.1) is 0 Å². The van der Waals surface area contributed by atoms with E-state index in [1.165, 1.54) is 42.3 Å². The van der Waals surface area contributed by atoms with Gasteiger partial charge in [0.25, 0.3) is 0 Å². The van der Waals surface area contributed by atoms with E-state index >= 15 is 0 Å². The molecule has 0 unspecified atom stereocenters. The summed E-state index contributed by atoms with van der Waals surface area (Å²) in [6, 6.07) is 12.8. The summed E-state index contributed by atoms with van der Waals surface area (Å²) in [5.41, 5.74) is 1.35. The van der Waals surface area contributed by atoms with Crippen LogP contribution in [0.2, 0.25) is 0 Å². The first kappa shape index (κ1) is 12.5. The molecule has 1 saturated heterocycles. The van der Waals surface area contributed by atoms with E-state index in [0.29, 0.717) is 0 Å². The van der Waals surface area contributed by atoms with Crippen molar-refractivity contribution in [2.24, 2.45) is 0 Å². The summed E-state index contributed by atoms with van der Waals surface area (Å²) in [7, 11) is 1.77. The van der Waals surface area contributed by atoms with E-state index in [2.05, 4.69) is 41.3 Å². The highest BCUT2D eigenvalue weighted by atomic mass is 16.5. The molecule has 1 aliphatic rings. The fourth-order valence-corrected chi connectivity index (χ4v) is 3.04. The van der Waals surface area contributed by atoms with E-state index in [0.717, 1.165) is 18.7 Å². The molecule has 0 atom stereocenters. The van der Waals surface area contributed by atoms with Crippen LogP contribution in [0.15, 0.2) is 36.4 Å². The van der Waals surface area contributed by atoms with Gasteiger partial charge in [0.05, 0.1) is 7.11 Å². The van der Waals surface area contributed by atoms with Crippen LogP contribution in [0.1, 0.15) is 18.4 Å². The van der Waals surface area contributed by atoms with Crippen LogP contribution < -0.4 is 4.74 Å². The van der Waals surface area contributed by atoms with Crippen molar-refractivity contribution >= 4 is 10.8 Å². The van der Waals surface area contributed by atoms with Crippen molar-refractivity contribution in [1.29, 1.82) is 0 Å². The van der Waals surface area contributed by atoms with Gasteiger partial charge in [0.15, 0.2) is 0 Å². The summed E-state index contributed by atoms with van der Waals surface area (Å²) in [5, 5.41) is 2.64. The predicted molar refractivity (Wildman–Crippen MR) is 79.9 cm³/mol. The van der Waals surface area contributed by atoms with E-state index < -0.39 is 0 Å². The standard InChI is InChI=1S/C17H21NO/c1-19-17-9-8-14-6-2-3-7-15(14)16(17)10-13-18-11-4-5-12-18/h2-3,6-9H,4-5,10-13H2,1H3. The molecule has 0 spiro atoms. The fraction of sp³-hybridized carbons (Fsp3) is 0.412. The van der Waals surface area contributed by atoms with Crippen molar-refractivity contribution < 1.29 is 4.74 Å². The number of nitrogens with zero attached hydrogens (tertiary/aromatic N) is 1. The van der Waals surface area contributed by atoms with E-state index in [1.807, 2.05) is 0 Å². The minimum absolute atomic E-state index is 1.03. The Labute approximate surface area is 115 Å². The molecule has 1 fully saturated rings. The number of likely N-dealkylation sites (tertiary alicyclic amines) is 1. The van der Waals surface area contributed by atoms with E-state index in [9.17, 15) is 0 Å². The lowest BCUT2D eigenvalue weighted by Gasteiger charge is -2.17. The highest BCUT2D eigenvalue weighted by Gasteiger charge is 2.14. The van der Waals surface area contributed by atoms with Gasteiger partial charge >= 0.3 is 0 Å². The molecule has 0 N–H and O–H groups in total. The molecule has 0 bridgehead atoms. The second kappa shape index (κ2) is 5.62. The minimum Gasteiger partial charge on any atom is -0.496 e. The highest BCUT2D eigenvalue weighted by molar-refractivity contribution is 5.87. The monoisotopic (exact) mass is 255 g/mol. The molecular weight excluding hydrogens is 234 g/mol. The lowest BCUT2D eigenvalue weighted by molar-refractivity contribution is 0.340. The molecule has 0 aromatic heterocycles. The molecular formula is C17H21NO. The smallest absolute Gasteiger partial charge is 0.122 e. The number of benzene rings is 2. The second-order valence-electron chi connectivity index (χ2n) is 5.27. The molecule has 0 saturated carbocycles. The van der Waals surface area contributed by atoms with Crippen LogP contribution in [-0.2, 0) is 6.42 Å². The van der Waals surface area contributed by atoms with Crippen molar-refractivity contribution in [3.63, 3.8) is 0 Å². The first-order chi connectivity index (χ1) is 9.38. The van der Waals surface area contributed by atoms with Crippen molar-refractivity contribution in [3.05, 3.63) is 42.0 Å². The molecule has 1 aliphatic heterocycles. The lowest BCUT2D eigenvalue weighted by Crippen LogP contribution is -2.22. The second-order valence-corrected chi connectivity index (χ2v) is 5.27. The predicted octanol–water partition coefficient (Wildman–Crippen LogP) is 3.49. The fourth-order valence-electron chi connectivity index (χ4n) is 3.04. The summed E-state index contributed by atoms with van der Waals surface area (Å²) < 4.78 is 5.55. The van der Waals surface area contributed by atoms with Crippen molar-refractivity contribution in [2.45, 2.75) is 19.3 Å². The maximum atomic E-state index is 5.55. The Morgan fingerprint density at radius 2 is 1.84 bits per heavy atom. The molecule has 2 aromatic rings. The molecule has 100 valence electrons. The Bertz CT molecular complexity index is 558. The van der Waals surface area contributed by atoms with Gasteiger partial charge in [-0.2, -0.15) is 0 Å². The van der Waals surface area contributed by atoms with E-state index in [4.69, 9.17) is 4.74 Å². The van der Waals surface area contributed by atoms with Crippen LogP contribution in [-0.4, -0.2) is 31.6 Å². The van der Waals surface area contributed by atoms with E-state index in [-0.39, 0.29) is 0 Å². The summed E-state index contributed by atoms with van der Waals surface area (Å²) in [6.45, 7) is 3.66.